The van der Waals surface area contributed by atoms with E-state index in [2.05, 4.69) is 15.5 Å². The fraction of sp³-hybridized carbons (Fsp3) is 0.0833. The molecule has 19 heavy (non-hydrogen) atoms. The molecule has 0 fully saturated rings. The van der Waals surface area contributed by atoms with Gasteiger partial charge in [0.15, 0.2) is 17.5 Å². The average Bonchev–Trinajstić information content (AvgIpc) is 2.37. The number of nitrogens with zero attached hydrogens (tertiary/aromatic N) is 2. The molecule has 1 aromatic heterocycles. The molecule has 0 aliphatic heterocycles. The van der Waals surface area contributed by atoms with Crippen LogP contribution < -0.4 is 5.32 Å². The smallest absolute Gasteiger partial charge is 0.337 e. The largest absolute Gasteiger partial charge is 0.478 e. The van der Waals surface area contributed by atoms with E-state index in [1.807, 2.05) is 0 Å². The Morgan fingerprint density at radius 2 is 1.95 bits per heavy atom. The van der Waals surface area contributed by atoms with Crippen LogP contribution in [0.4, 0.5) is 20.3 Å². The van der Waals surface area contributed by atoms with Gasteiger partial charge in [0, 0.05) is 0 Å². The molecule has 1 heterocycles. The van der Waals surface area contributed by atoms with Crippen LogP contribution in [0.2, 0.25) is 0 Å². The lowest BCUT2D eigenvalue weighted by Crippen LogP contribution is -2.07. The number of aromatic carboxylic acids is 1. The van der Waals surface area contributed by atoms with E-state index < -0.39 is 23.3 Å². The molecule has 0 aliphatic rings. The Balaban J connectivity index is 2.46. The molecule has 98 valence electrons. The van der Waals surface area contributed by atoms with E-state index in [1.54, 1.807) is 13.0 Å². The Labute approximate surface area is 106 Å². The van der Waals surface area contributed by atoms with E-state index in [1.165, 1.54) is 6.07 Å². The summed E-state index contributed by atoms with van der Waals surface area (Å²) in [5.41, 5.74) is -0.226. The number of rotatable bonds is 3. The first-order valence-corrected chi connectivity index (χ1v) is 5.27. The summed E-state index contributed by atoms with van der Waals surface area (Å²) in [7, 11) is 0. The summed E-state index contributed by atoms with van der Waals surface area (Å²) in [5.74, 6) is -3.67. The van der Waals surface area contributed by atoms with Crippen molar-refractivity contribution in [2.45, 2.75) is 6.92 Å². The fourth-order valence-electron chi connectivity index (χ4n) is 1.44. The highest BCUT2D eigenvalue weighted by Gasteiger charge is 2.18. The van der Waals surface area contributed by atoms with Gasteiger partial charge in [-0.15, -0.1) is 5.10 Å². The predicted octanol–water partition coefficient (Wildman–Crippen LogP) is 2.51. The highest BCUT2D eigenvalue weighted by molar-refractivity contribution is 5.95. The second kappa shape index (κ2) is 4.97. The van der Waals surface area contributed by atoms with E-state index >= 15 is 0 Å². The Kier molecular flexibility index (Phi) is 3.37. The number of carboxylic acid groups (broad SMARTS) is 1. The number of nitrogens with one attached hydrogen (secondary N) is 1. The molecule has 1 aromatic carbocycles. The highest BCUT2D eigenvalue weighted by Crippen LogP contribution is 2.25. The van der Waals surface area contributed by atoms with Crippen molar-refractivity contribution in [3.8, 4) is 0 Å². The van der Waals surface area contributed by atoms with Gasteiger partial charge in [0.25, 0.3) is 0 Å². The summed E-state index contributed by atoms with van der Waals surface area (Å²) < 4.78 is 26.8. The van der Waals surface area contributed by atoms with Gasteiger partial charge in [-0.2, -0.15) is 5.10 Å². The Hall–Kier alpha value is -2.57. The van der Waals surface area contributed by atoms with Crippen LogP contribution in [0.1, 0.15) is 16.1 Å². The zero-order valence-corrected chi connectivity index (χ0v) is 9.82. The Bertz CT molecular complexity index is 630. The number of anilines is 2. The Morgan fingerprint density at radius 3 is 2.53 bits per heavy atom. The molecule has 0 saturated carbocycles. The van der Waals surface area contributed by atoms with Gasteiger partial charge in [-0.25, -0.2) is 13.6 Å². The van der Waals surface area contributed by atoms with Crippen molar-refractivity contribution in [1.29, 1.82) is 0 Å². The van der Waals surface area contributed by atoms with E-state index in [0.717, 1.165) is 12.1 Å². The maximum absolute atomic E-state index is 13.6. The van der Waals surface area contributed by atoms with Gasteiger partial charge < -0.3 is 10.4 Å². The third kappa shape index (κ3) is 2.65. The number of carbonyl (C=O) groups is 1. The molecule has 5 nitrogen and oxygen atoms in total. The summed E-state index contributed by atoms with van der Waals surface area (Å²) in [4.78, 5) is 11.0. The van der Waals surface area contributed by atoms with E-state index in [0.29, 0.717) is 5.69 Å². The van der Waals surface area contributed by atoms with Crippen LogP contribution in [-0.4, -0.2) is 21.3 Å². The lowest BCUT2D eigenvalue weighted by molar-refractivity contribution is 0.0697. The first-order valence-electron chi connectivity index (χ1n) is 5.27. The molecule has 7 heteroatoms. The van der Waals surface area contributed by atoms with Crippen LogP contribution in [0.3, 0.4) is 0 Å². The van der Waals surface area contributed by atoms with E-state index in [9.17, 15) is 13.6 Å². The maximum Gasteiger partial charge on any atom is 0.337 e. The van der Waals surface area contributed by atoms with Crippen molar-refractivity contribution in [2.75, 3.05) is 5.32 Å². The second-order valence-electron chi connectivity index (χ2n) is 3.77. The first-order chi connectivity index (χ1) is 8.99. The summed E-state index contributed by atoms with van der Waals surface area (Å²) >= 11 is 0. The minimum absolute atomic E-state index is 0.123. The van der Waals surface area contributed by atoms with Crippen LogP contribution in [0.5, 0.6) is 0 Å². The molecule has 2 rings (SSSR count). The summed E-state index contributed by atoms with van der Waals surface area (Å²) in [6.07, 6.45) is 0. The molecule has 0 aliphatic carbocycles. The predicted molar refractivity (Wildman–Crippen MR) is 63.4 cm³/mol. The standard InChI is InChI=1S/C12H9F2N3O2/c1-6-2-5-9(17-16-6)15-11-7(12(18)19)3-4-8(13)10(11)14/h2-5H,1H3,(H,15,17)(H,18,19). The summed E-state index contributed by atoms with van der Waals surface area (Å²) in [5, 5.41) is 18.8. The minimum Gasteiger partial charge on any atom is -0.478 e. The normalized spacial score (nSPS) is 10.3. The van der Waals surface area contributed by atoms with Crippen molar-refractivity contribution in [3.63, 3.8) is 0 Å². The molecule has 2 aromatic rings. The molecule has 2 N–H and O–H groups in total. The number of hydrogen-bond acceptors (Lipinski definition) is 4. The number of halogens is 2. The second-order valence-corrected chi connectivity index (χ2v) is 3.77. The molecule has 0 bridgehead atoms. The number of carboxylic acids is 1. The van der Waals surface area contributed by atoms with Crippen molar-refractivity contribution in [3.05, 3.63) is 47.2 Å². The summed E-state index contributed by atoms with van der Waals surface area (Å²) in [6.45, 7) is 1.71. The monoisotopic (exact) mass is 265 g/mol. The lowest BCUT2D eigenvalue weighted by Gasteiger charge is -2.10. The number of aryl methyl sites for hydroxylation is 1. The molecule has 0 atom stereocenters. The zero-order valence-electron chi connectivity index (χ0n) is 9.82. The van der Waals surface area contributed by atoms with Gasteiger partial charge in [-0.1, -0.05) is 0 Å². The zero-order chi connectivity index (χ0) is 14.0. The van der Waals surface area contributed by atoms with Gasteiger partial charge in [0.1, 0.15) is 0 Å². The van der Waals surface area contributed by atoms with E-state index in [4.69, 9.17) is 5.11 Å². The van der Waals surface area contributed by atoms with Crippen molar-refractivity contribution in [2.24, 2.45) is 0 Å². The topological polar surface area (TPSA) is 75.1 Å². The minimum atomic E-state index is -1.37. The van der Waals surface area contributed by atoms with Crippen molar-refractivity contribution in [1.82, 2.24) is 10.2 Å². The van der Waals surface area contributed by atoms with Gasteiger partial charge in [0.2, 0.25) is 0 Å². The van der Waals surface area contributed by atoms with Gasteiger partial charge >= 0.3 is 5.97 Å². The first kappa shape index (κ1) is 12.9. The van der Waals surface area contributed by atoms with Crippen LogP contribution in [0.15, 0.2) is 24.3 Å². The quantitative estimate of drug-likeness (QED) is 0.891. The maximum atomic E-state index is 13.6. The van der Waals surface area contributed by atoms with Gasteiger partial charge in [-0.05, 0) is 31.2 Å². The number of benzene rings is 1. The third-order valence-corrected chi connectivity index (χ3v) is 2.38. The number of aromatic nitrogens is 2. The van der Waals surface area contributed by atoms with Gasteiger partial charge in [-0.3, -0.25) is 0 Å². The highest BCUT2D eigenvalue weighted by atomic mass is 19.2. The van der Waals surface area contributed by atoms with Crippen LogP contribution in [-0.2, 0) is 0 Å². The van der Waals surface area contributed by atoms with Crippen LogP contribution >= 0.6 is 0 Å². The van der Waals surface area contributed by atoms with Crippen molar-refractivity contribution < 1.29 is 18.7 Å². The van der Waals surface area contributed by atoms with Crippen LogP contribution in [0.25, 0.3) is 0 Å². The Morgan fingerprint density at radius 1 is 1.21 bits per heavy atom. The molecule has 0 spiro atoms. The molecule has 0 radical (unpaired) electrons. The average molecular weight is 265 g/mol. The molecular formula is C12H9F2N3O2. The summed E-state index contributed by atoms with van der Waals surface area (Å²) in [6, 6.07) is 4.82. The lowest BCUT2D eigenvalue weighted by atomic mass is 10.1. The molecule has 0 amide bonds. The third-order valence-electron chi connectivity index (χ3n) is 2.38. The van der Waals surface area contributed by atoms with E-state index in [-0.39, 0.29) is 11.4 Å². The van der Waals surface area contributed by atoms with Gasteiger partial charge in [0.05, 0.1) is 16.9 Å². The van der Waals surface area contributed by atoms with Crippen LogP contribution in [0, 0.1) is 18.6 Å². The SMILES string of the molecule is Cc1ccc(Nc2c(C(=O)O)ccc(F)c2F)nn1. The fourth-order valence-corrected chi connectivity index (χ4v) is 1.44. The molecular weight excluding hydrogens is 256 g/mol. The number of hydrogen-bond donors (Lipinski definition) is 2. The molecule has 0 saturated heterocycles. The molecule has 0 unspecified atom stereocenters. The van der Waals surface area contributed by atoms with Crippen molar-refractivity contribution >= 4 is 17.5 Å².